The maximum Gasteiger partial charge on any atom is 0.335 e. The number of carbonyl (C=O) groups is 1. The second-order valence-electron chi connectivity index (χ2n) is 7.33. The van der Waals surface area contributed by atoms with Crippen LogP contribution in [0.5, 0.6) is 0 Å². The zero-order chi connectivity index (χ0) is 20.3. The average Bonchev–Trinajstić information content (AvgIpc) is 2.69. The molecule has 3 aromatic rings. The number of rotatable bonds is 6. The number of nitrogens with zero attached hydrogens (tertiary/aromatic N) is 2. The van der Waals surface area contributed by atoms with Crippen LogP contribution < -0.4 is 9.80 Å². The summed E-state index contributed by atoms with van der Waals surface area (Å²) in [7, 11) is 8.10. The van der Waals surface area contributed by atoms with Gasteiger partial charge in [-0.25, -0.2) is 4.79 Å². The number of aromatic carboxylic acids is 1. The molecular weight excluding hydrogens is 348 g/mol. The standard InChI is InChI=1S/C24H26N2O2/c1-25(2)21-13-9-18(10-14-21)23(17-5-7-20(8-6-17)24(27)28)19-11-15-22(16-12-19)26(3)4/h5-16,23H,1-4H3,(H,27,28). The highest BCUT2D eigenvalue weighted by molar-refractivity contribution is 5.87. The minimum atomic E-state index is -0.909. The van der Waals surface area contributed by atoms with Crippen molar-refractivity contribution in [3.8, 4) is 0 Å². The summed E-state index contributed by atoms with van der Waals surface area (Å²) < 4.78 is 0. The predicted octanol–water partition coefficient (Wildman–Crippen LogP) is 4.70. The van der Waals surface area contributed by atoms with Gasteiger partial charge in [0.25, 0.3) is 0 Å². The maximum atomic E-state index is 11.2. The average molecular weight is 374 g/mol. The number of carboxylic acid groups (broad SMARTS) is 1. The van der Waals surface area contributed by atoms with E-state index in [1.165, 1.54) is 11.1 Å². The van der Waals surface area contributed by atoms with Crippen molar-refractivity contribution < 1.29 is 9.90 Å². The van der Waals surface area contributed by atoms with E-state index in [1.807, 2.05) is 40.3 Å². The van der Waals surface area contributed by atoms with Crippen molar-refractivity contribution >= 4 is 17.3 Å². The van der Waals surface area contributed by atoms with E-state index >= 15 is 0 Å². The molecule has 4 heteroatoms. The Balaban J connectivity index is 2.06. The van der Waals surface area contributed by atoms with Crippen molar-refractivity contribution in [1.82, 2.24) is 0 Å². The van der Waals surface area contributed by atoms with Gasteiger partial charge in [0.1, 0.15) is 0 Å². The molecule has 0 unspecified atom stereocenters. The minimum absolute atomic E-state index is 0.0373. The van der Waals surface area contributed by atoms with E-state index in [0.717, 1.165) is 16.9 Å². The SMILES string of the molecule is CN(C)c1ccc(C(c2ccc(C(=O)O)cc2)c2ccc(N(C)C)cc2)cc1. The molecule has 0 radical (unpaired) electrons. The minimum Gasteiger partial charge on any atom is -0.478 e. The fraction of sp³-hybridized carbons (Fsp3) is 0.208. The molecule has 0 aromatic heterocycles. The lowest BCUT2D eigenvalue weighted by Crippen LogP contribution is -2.10. The Labute approximate surface area is 166 Å². The summed E-state index contributed by atoms with van der Waals surface area (Å²) in [6.45, 7) is 0. The third-order valence-electron chi connectivity index (χ3n) is 4.98. The molecule has 0 aliphatic heterocycles. The normalized spacial score (nSPS) is 10.8. The van der Waals surface area contributed by atoms with Gasteiger partial charge in [0.15, 0.2) is 0 Å². The third kappa shape index (κ3) is 4.17. The lowest BCUT2D eigenvalue weighted by Gasteiger charge is -2.22. The van der Waals surface area contributed by atoms with E-state index in [0.29, 0.717) is 5.56 Å². The zero-order valence-corrected chi connectivity index (χ0v) is 16.8. The third-order valence-corrected chi connectivity index (χ3v) is 4.98. The van der Waals surface area contributed by atoms with Gasteiger partial charge in [-0.15, -0.1) is 0 Å². The van der Waals surface area contributed by atoms with E-state index in [-0.39, 0.29) is 5.92 Å². The molecule has 0 saturated carbocycles. The largest absolute Gasteiger partial charge is 0.478 e. The summed E-state index contributed by atoms with van der Waals surface area (Å²) in [6, 6.07) is 24.2. The van der Waals surface area contributed by atoms with Gasteiger partial charge in [-0.2, -0.15) is 0 Å². The van der Waals surface area contributed by atoms with Gasteiger partial charge in [0, 0.05) is 45.5 Å². The van der Waals surface area contributed by atoms with Crippen molar-refractivity contribution in [1.29, 1.82) is 0 Å². The smallest absolute Gasteiger partial charge is 0.335 e. The molecule has 0 spiro atoms. The van der Waals surface area contributed by atoms with Crippen LogP contribution in [0.1, 0.15) is 33.0 Å². The fourth-order valence-corrected chi connectivity index (χ4v) is 3.33. The predicted molar refractivity (Wildman–Crippen MR) is 116 cm³/mol. The summed E-state index contributed by atoms with van der Waals surface area (Å²) in [5.41, 5.74) is 6.00. The highest BCUT2D eigenvalue weighted by atomic mass is 16.4. The van der Waals surface area contributed by atoms with Crippen LogP contribution in [0.25, 0.3) is 0 Å². The molecule has 0 fully saturated rings. The van der Waals surface area contributed by atoms with Crippen LogP contribution in [0.3, 0.4) is 0 Å². The lowest BCUT2D eigenvalue weighted by molar-refractivity contribution is 0.0697. The van der Waals surface area contributed by atoms with E-state index in [1.54, 1.807) is 12.1 Å². The molecule has 0 aliphatic rings. The lowest BCUT2D eigenvalue weighted by atomic mass is 9.84. The molecular formula is C24H26N2O2. The van der Waals surface area contributed by atoms with Gasteiger partial charge in [-0.1, -0.05) is 36.4 Å². The Morgan fingerprint density at radius 2 is 0.964 bits per heavy atom. The molecule has 0 heterocycles. The first-order valence-electron chi connectivity index (χ1n) is 9.24. The second kappa shape index (κ2) is 8.17. The van der Waals surface area contributed by atoms with Gasteiger partial charge in [0.2, 0.25) is 0 Å². The maximum absolute atomic E-state index is 11.2. The van der Waals surface area contributed by atoms with Crippen molar-refractivity contribution in [2.24, 2.45) is 0 Å². The summed E-state index contributed by atoms with van der Waals surface area (Å²) >= 11 is 0. The summed E-state index contributed by atoms with van der Waals surface area (Å²) in [5.74, 6) is -0.871. The van der Waals surface area contributed by atoms with Crippen LogP contribution in [0.4, 0.5) is 11.4 Å². The molecule has 144 valence electrons. The van der Waals surface area contributed by atoms with E-state index < -0.39 is 5.97 Å². The van der Waals surface area contributed by atoms with Gasteiger partial charge < -0.3 is 14.9 Å². The van der Waals surface area contributed by atoms with Gasteiger partial charge in [-0.3, -0.25) is 0 Å². The molecule has 4 nitrogen and oxygen atoms in total. The summed E-state index contributed by atoms with van der Waals surface area (Å²) in [4.78, 5) is 15.4. The van der Waals surface area contributed by atoms with E-state index in [2.05, 4.69) is 58.3 Å². The van der Waals surface area contributed by atoms with Gasteiger partial charge >= 0.3 is 5.97 Å². The molecule has 0 aliphatic carbocycles. The highest BCUT2D eigenvalue weighted by Crippen LogP contribution is 2.34. The van der Waals surface area contributed by atoms with Crippen molar-refractivity contribution in [2.75, 3.05) is 38.0 Å². The van der Waals surface area contributed by atoms with E-state index in [9.17, 15) is 9.90 Å². The molecule has 0 bridgehead atoms. The van der Waals surface area contributed by atoms with Crippen LogP contribution >= 0.6 is 0 Å². The Hall–Kier alpha value is -3.27. The van der Waals surface area contributed by atoms with Crippen LogP contribution in [-0.4, -0.2) is 39.3 Å². The summed E-state index contributed by atoms with van der Waals surface area (Å²) in [5, 5.41) is 9.20. The topological polar surface area (TPSA) is 43.8 Å². The van der Waals surface area contributed by atoms with Crippen LogP contribution in [-0.2, 0) is 0 Å². The van der Waals surface area contributed by atoms with Gasteiger partial charge in [-0.05, 0) is 53.1 Å². The van der Waals surface area contributed by atoms with Crippen molar-refractivity contribution in [3.63, 3.8) is 0 Å². The van der Waals surface area contributed by atoms with Crippen LogP contribution in [0.15, 0.2) is 72.8 Å². The first-order valence-corrected chi connectivity index (χ1v) is 9.24. The number of carboxylic acids is 1. The number of anilines is 2. The molecule has 0 saturated heterocycles. The number of hydrogen-bond donors (Lipinski definition) is 1. The monoisotopic (exact) mass is 374 g/mol. The first-order chi connectivity index (χ1) is 13.4. The molecule has 3 aromatic carbocycles. The number of benzene rings is 3. The molecule has 28 heavy (non-hydrogen) atoms. The molecule has 1 N–H and O–H groups in total. The number of hydrogen-bond acceptors (Lipinski definition) is 3. The fourth-order valence-electron chi connectivity index (χ4n) is 3.33. The zero-order valence-electron chi connectivity index (χ0n) is 16.8. The van der Waals surface area contributed by atoms with Crippen LogP contribution in [0.2, 0.25) is 0 Å². The quantitative estimate of drug-likeness (QED) is 0.635. The Kier molecular flexibility index (Phi) is 5.69. The Morgan fingerprint density at radius 1 is 0.643 bits per heavy atom. The molecule has 3 rings (SSSR count). The van der Waals surface area contributed by atoms with Crippen molar-refractivity contribution in [2.45, 2.75) is 5.92 Å². The Morgan fingerprint density at radius 3 is 1.25 bits per heavy atom. The Bertz CT molecular complexity index is 876. The molecule has 0 atom stereocenters. The summed E-state index contributed by atoms with van der Waals surface area (Å²) in [6.07, 6.45) is 0. The second-order valence-corrected chi connectivity index (χ2v) is 7.33. The highest BCUT2D eigenvalue weighted by Gasteiger charge is 2.18. The van der Waals surface area contributed by atoms with Crippen molar-refractivity contribution in [3.05, 3.63) is 95.1 Å². The van der Waals surface area contributed by atoms with E-state index in [4.69, 9.17) is 0 Å². The molecule has 0 amide bonds. The first kappa shape index (κ1) is 19.5. The van der Waals surface area contributed by atoms with Crippen LogP contribution in [0, 0.1) is 0 Å². The van der Waals surface area contributed by atoms with Gasteiger partial charge in [0.05, 0.1) is 5.56 Å².